The average Bonchev–Trinajstić information content (AvgIpc) is 2.66. The molecule has 1 heterocycles. The van der Waals surface area contributed by atoms with Crippen molar-refractivity contribution in [3.8, 4) is 0 Å². The summed E-state index contributed by atoms with van der Waals surface area (Å²) in [5.74, 6) is 2.01. The Hall–Kier alpha value is -0.0800. The molecule has 0 bridgehead atoms. The van der Waals surface area contributed by atoms with Crippen LogP contribution < -0.4 is 5.73 Å². The van der Waals surface area contributed by atoms with Gasteiger partial charge in [0, 0.05) is 18.6 Å². The van der Waals surface area contributed by atoms with Gasteiger partial charge in [0.2, 0.25) is 0 Å². The van der Waals surface area contributed by atoms with Crippen molar-refractivity contribution in [2.75, 3.05) is 19.6 Å². The van der Waals surface area contributed by atoms with Gasteiger partial charge in [-0.2, -0.15) is 0 Å². The number of piperidine rings is 1. The van der Waals surface area contributed by atoms with Gasteiger partial charge in [0.25, 0.3) is 0 Å². The highest BCUT2D eigenvalue weighted by Crippen LogP contribution is 2.44. The lowest BCUT2D eigenvalue weighted by Gasteiger charge is -2.50. The molecular weight excluding hydrogens is 256 g/mol. The lowest BCUT2D eigenvalue weighted by Crippen LogP contribution is -2.58. The molecule has 0 aromatic carbocycles. The molecule has 3 rings (SSSR count). The van der Waals surface area contributed by atoms with Gasteiger partial charge < -0.3 is 5.73 Å². The predicted octanol–water partition coefficient (Wildman–Crippen LogP) is 4.19. The number of hydrogen-bond donors (Lipinski definition) is 1. The molecule has 2 heteroatoms. The van der Waals surface area contributed by atoms with Gasteiger partial charge in [-0.05, 0) is 62.3 Å². The van der Waals surface area contributed by atoms with Crippen LogP contribution in [0.2, 0.25) is 0 Å². The van der Waals surface area contributed by atoms with Gasteiger partial charge in [-0.25, -0.2) is 0 Å². The average molecular weight is 293 g/mol. The summed E-state index contributed by atoms with van der Waals surface area (Å²) in [5, 5.41) is 0. The Bertz CT molecular complexity index is 351. The molecule has 2 aliphatic carbocycles. The van der Waals surface area contributed by atoms with E-state index in [1.165, 1.54) is 77.3 Å². The summed E-state index contributed by atoms with van der Waals surface area (Å²) in [5.41, 5.74) is 7.21. The molecule has 3 fully saturated rings. The van der Waals surface area contributed by atoms with Crippen molar-refractivity contribution >= 4 is 0 Å². The van der Waals surface area contributed by atoms with Gasteiger partial charge >= 0.3 is 0 Å². The fraction of sp³-hybridized carbons (Fsp3) is 1.00. The summed E-state index contributed by atoms with van der Waals surface area (Å²) in [7, 11) is 0. The van der Waals surface area contributed by atoms with E-state index in [-0.39, 0.29) is 0 Å². The lowest BCUT2D eigenvalue weighted by molar-refractivity contribution is -0.00201. The molecule has 3 unspecified atom stereocenters. The molecule has 3 atom stereocenters. The first kappa shape index (κ1) is 15.8. The monoisotopic (exact) mass is 292 g/mol. The van der Waals surface area contributed by atoms with Crippen molar-refractivity contribution in [1.82, 2.24) is 4.90 Å². The maximum absolute atomic E-state index is 6.35. The van der Waals surface area contributed by atoms with Crippen molar-refractivity contribution in [3.05, 3.63) is 0 Å². The number of hydrogen-bond acceptors (Lipinski definition) is 2. The van der Waals surface area contributed by atoms with Crippen LogP contribution in [0.15, 0.2) is 0 Å². The molecular formula is C19H36N2. The number of nitrogens with zero attached hydrogens (tertiary/aromatic N) is 1. The number of fused-ring (bicyclic) bond motifs is 1. The summed E-state index contributed by atoms with van der Waals surface area (Å²) in [6.45, 7) is 8.45. The normalized spacial score (nSPS) is 41.3. The topological polar surface area (TPSA) is 29.3 Å². The van der Waals surface area contributed by atoms with Gasteiger partial charge in [0.1, 0.15) is 0 Å². The van der Waals surface area contributed by atoms with E-state index in [2.05, 4.69) is 18.7 Å². The zero-order valence-corrected chi connectivity index (χ0v) is 14.4. The molecule has 0 aromatic rings. The van der Waals surface area contributed by atoms with Crippen LogP contribution in [-0.2, 0) is 0 Å². The molecule has 2 nitrogen and oxygen atoms in total. The zero-order valence-electron chi connectivity index (χ0n) is 14.4. The third kappa shape index (κ3) is 3.32. The highest BCUT2D eigenvalue weighted by Gasteiger charge is 2.43. The van der Waals surface area contributed by atoms with Crippen LogP contribution in [-0.4, -0.2) is 30.1 Å². The van der Waals surface area contributed by atoms with E-state index in [0.29, 0.717) is 11.0 Å². The largest absolute Gasteiger partial charge is 0.329 e. The predicted molar refractivity (Wildman–Crippen MR) is 90.3 cm³/mol. The van der Waals surface area contributed by atoms with Crippen molar-refractivity contribution in [3.63, 3.8) is 0 Å². The van der Waals surface area contributed by atoms with Crippen LogP contribution in [0.25, 0.3) is 0 Å². The molecule has 3 aliphatic rings. The lowest BCUT2D eigenvalue weighted by atomic mass is 9.73. The van der Waals surface area contributed by atoms with Crippen molar-refractivity contribution in [2.24, 2.45) is 23.0 Å². The summed E-state index contributed by atoms with van der Waals surface area (Å²) < 4.78 is 0. The zero-order chi connectivity index (χ0) is 14.9. The van der Waals surface area contributed by atoms with Gasteiger partial charge in [-0.15, -0.1) is 0 Å². The van der Waals surface area contributed by atoms with Crippen LogP contribution in [0.4, 0.5) is 0 Å². The standard InChI is InChI=1S/C19H36N2/c1-18(2)9-5-10-19(15-20,12-11-18)21-13-8-16-6-3-4-7-17(16)14-21/h16-17H,3-15,20H2,1-2H3. The minimum Gasteiger partial charge on any atom is -0.329 e. The molecule has 122 valence electrons. The Balaban J connectivity index is 1.70. The van der Waals surface area contributed by atoms with E-state index >= 15 is 0 Å². The summed E-state index contributed by atoms with van der Waals surface area (Å²) >= 11 is 0. The van der Waals surface area contributed by atoms with Crippen molar-refractivity contribution in [1.29, 1.82) is 0 Å². The van der Waals surface area contributed by atoms with E-state index in [0.717, 1.165) is 18.4 Å². The van der Waals surface area contributed by atoms with Gasteiger partial charge in [-0.3, -0.25) is 4.90 Å². The number of likely N-dealkylation sites (tertiary alicyclic amines) is 1. The Morgan fingerprint density at radius 3 is 2.43 bits per heavy atom. The third-order valence-corrected chi connectivity index (χ3v) is 7.10. The van der Waals surface area contributed by atoms with Crippen molar-refractivity contribution in [2.45, 2.75) is 83.6 Å². The second-order valence-corrected chi connectivity index (χ2v) is 8.99. The van der Waals surface area contributed by atoms with E-state index in [1.807, 2.05) is 0 Å². The minimum absolute atomic E-state index is 0.330. The molecule has 21 heavy (non-hydrogen) atoms. The summed E-state index contributed by atoms with van der Waals surface area (Å²) in [6, 6.07) is 0. The van der Waals surface area contributed by atoms with Crippen LogP contribution >= 0.6 is 0 Å². The number of rotatable bonds is 2. The van der Waals surface area contributed by atoms with Crippen LogP contribution in [0.1, 0.15) is 78.1 Å². The van der Waals surface area contributed by atoms with E-state index < -0.39 is 0 Å². The molecule has 1 aliphatic heterocycles. The summed E-state index contributed by atoms with van der Waals surface area (Å²) in [6.07, 6.45) is 14.1. The Morgan fingerprint density at radius 2 is 1.67 bits per heavy atom. The first-order valence-corrected chi connectivity index (χ1v) is 9.50. The minimum atomic E-state index is 0.330. The van der Waals surface area contributed by atoms with Gasteiger partial charge in [0.05, 0.1) is 0 Å². The first-order valence-electron chi connectivity index (χ1n) is 9.50. The quantitative estimate of drug-likeness (QED) is 0.773. The smallest absolute Gasteiger partial charge is 0.0332 e. The van der Waals surface area contributed by atoms with E-state index in [4.69, 9.17) is 5.73 Å². The fourth-order valence-electron chi connectivity index (χ4n) is 5.40. The molecule has 0 spiro atoms. The maximum atomic E-state index is 6.35. The number of nitrogens with two attached hydrogens (primary N) is 1. The molecule has 2 saturated carbocycles. The fourth-order valence-corrected chi connectivity index (χ4v) is 5.40. The molecule has 0 radical (unpaired) electrons. The molecule has 0 aromatic heterocycles. The van der Waals surface area contributed by atoms with Crippen LogP contribution in [0.3, 0.4) is 0 Å². The van der Waals surface area contributed by atoms with E-state index in [1.54, 1.807) is 0 Å². The Labute approximate surface area is 131 Å². The van der Waals surface area contributed by atoms with Crippen LogP contribution in [0, 0.1) is 17.3 Å². The molecule has 0 amide bonds. The van der Waals surface area contributed by atoms with Crippen molar-refractivity contribution < 1.29 is 0 Å². The summed E-state index contributed by atoms with van der Waals surface area (Å²) in [4.78, 5) is 2.85. The molecule has 1 saturated heterocycles. The Kier molecular flexibility index (Phi) is 4.66. The van der Waals surface area contributed by atoms with Crippen LogP contribution in [0.5, 0.6) is 0 Å². The van der Waals surface area contributed by atoms with Gasteiger partial charge in [0.15, 0.2) is 0 Å². The third-order valence-electron chi connectivity index (χ3n) is 7.10. The highest BCUT2D eigenvalue weighted by molar-refractivity contribution is 4.99. The maximum Gasteiger partial charge on any atom is 0.0332 e. The van der Waals surface area contributed by atoms with E-state index in [9.17, 15) is 0 Å². The molecule has 2 N–H and O–H groups in total. The second kappa shape index (κ2) is 6.20. The first-order chi connectivity index (χ1) is 10.0. The van der Waals surface area contributed by atoms with Gasteiger partial charge in [-0.1, -0.05) is 39.5 Å². The second-order valence-electron chi connectivity index (χ2n) is 8.99. The SMILES string of the molecule is CC1(C)CCCC(CN)(N2CCC3CCCCC3C2)CC1. The Morgan fingerprint density at radius 1 is 0.905 bits per heavy atom. The highest BCUT2D eigenvalue weighted by atomic mass is 15.2.